The number of para-hydroxylation sites is 1. The van der Waals surface area contributed by atoms with Gasteiger partial charge < -0.3 is 16.4 Å². The van der Waals surface area contributed by atoms with Crippen LogP contribution in [0.5, 0.6) is 0 Å². The Kier molecular flexibility index (Phi) is 4.68. The summed E-state index contributed by atoms with van der Waals surface area (Å²) in [5.41, 5.74) is 7.48. The second-order valence-electron chi connectivity index (χ2n) is 4.50. The predicted octanol–water partition coefficient (Wildman–Crippen LogP) is 1.68. The molecule has 0 unspecified atom stereocenters. The molecular formula is C16H17N3O2. The third kappa shape index (κ3) is 3.46. The molecule has 2 aromatic carbocycles. The fourth-order valence-corrected chi connectivity index (χ4v) is 1.95. The Morgan fingerprint density at radius 3 is 2.29 bits per heavy atom. The molecule has 0 spiro atoms. The van der Waals surface area contributed by atoms with Gasteiger partial charge in [0.15, 0.2) is 0 Å². The van der Waals surface area contributed by atoms with Gasteiger partial charge in [0.1, 0.15) is 6.04 Å². The normalized spacial score (nSPS) is 11.5. The summed E-state index contributed by atoms with van der Waals surface area (Å²) in [5.74, 6) is -0.628. The maximum atomic E-state index is 12.2. The highest BCUT2D eigenvalue weighted by atomic mass is 16.2. The summed E-state index contributed by atoms with van der Waals surface area (Å²) in [4.78, 5) is 24.0. The molecule has 0 aliphatic rings. The number of carbonyl (C=O) groups excluding carboxylic acids is 2. The van der Waals surface area contributed by atoms with Crippen molar-refractivity contribution in [1.29, 1.82) is 0 Å². The summed E-state index contributed by atoms with van der Waals surface area (Å²) in [7, 11) is 1.54. The molecule has 0 bridgehead atoms. The molecule has 2 rings (SSSR count). The minimum Gasteiger partial charge on any atom is -0.355 e. The molecule has 0 heterocycles. The van der Waals surface area contributed by atoms with Crippen molar-refractivity contribution in [1.82, 2.24) is 5.32 Å². The first-order valence-electron chi connectivity index (χ1n) is 6.56. The van der Waals surface area contributed by atoms with Crippen molar-refractivity contribution in [2.45, 2.75) is 6.04 Å². The highest BCUT2D eigenvalue weighted by Gasteiger charge is 2.18. The molecule has 2 amide bonds. The smallest absolute Gasteiger partial charge is 0.253 e. The Morgan fingerprint density at radius 2 is 1.62 bits per heavy atom. The van der Waals surface area contributed by atoms with E-state index in [1.54, 1.807) is 36.4 Å². The van der Waals surface area contributed by atoms with Crippen molar-refractivity contribution < 1.29 is 9.59 Å². The van der Waals surface area contributed by atoms with Crippen LogP contribution in [0.2, 0.25) is 0 Å². The SMILES string of the molecule is CNC(=O)c1ccccc1NC(=O)[C@@H](N)c1ccccc1. The zero-order valence-corrected chi connectivity index (χ0v) is 11.7. The first-order valence-corrected chi connectivity index (χ1v) is 6.56. The van der Waals surface area contributed by atoms with Crippen LogP contribution in [0.25, 0.3) is 0 Å². The van der Waals surface area contributed by atoms with Gasteiger partial charge in [-0.2, -0.15) is 0 Å². The second kappa shape index (κ2) is 6.67. The number of amides is 2. The fraction of sp³-hybridized carbons (Fsp3) is 0.125. The standard InChI is InChI=1S/C16H17N3O2/c1-18-15(20)12-9-5-6-10-13(12)19-16(21)14(17)11-7-3-2-4-8-11/h2-10,14H,17H2,1H3,(H,18,20)(H,19,21)/t14-/m0/s1. The molecule has 21 heavy (non-hydrogen) atoms. The molecule has 5 nitrogen and oxygen atoms in total. The minimum absolute atomic E-state index is 0.265. The third-order valence-electron chi connectivity index (χ3n) is 3.10. The number of rotatable bonds is 4. The molecule has 108 valence electrons. The van der Waals surface area contributed by atoms with E-state index in [9.17, 15) is 9.59 Å². The largest absolute Gasteiger partial charge is 0.355 e. The third-order valence-corrected chi connectivity index (χ3v) is 3.10. The Morgan fingerprint density at radius 1 is 1.00 bits per heavy atom. The number of hydrogen-bond donors (Lipinski definition) is 3. The van der Waals surface area contributed by atoms with Crippen LogP contribution in [-0.4, -0.2) is 18.9 Å². The summed E-state index contributed by atoms with van der Waals surface area (Å²) in [6, 6.07) is 15.1. The molecule has 0 saturated heterocycles. The van der Waals surface area contributed by atoms with E-state index in [-0.39, 0.29) is 11.8 Å². The van der Waals surface area contributed by atoms with E-state index < -0.39 is 6.04 Å². The molecule has 0 saturated carbocycles. The zero-order chi connectivity index (χ0) is 15.2. The van der Waals surface area contributed by atoms with Gasteiger partial charge in [-0.3, -0.25) is 9.59 Å². The minimum atomic E-state index is -0.788. The molecule has 4 N–H and O–H groups in total. The van der Waals surface area contributed by atoms with E-state index in [2.05, 4.69) is 10.6 Å². The summed E-state index contributed by atoms with van der Waals surface area (Å²) < 4.78 is 0. The number of hydrogen-bond acceptors (Lipinski definition) is 3. The number of carbonyl (C=O) groups is 2. The summed E-state index contributed by atoms with van der Waals surface area (Å²) in [6.07, 6.45) is 0. The molecule has 0 aliphatic heterocycles. The van der Waals surface area contributed by atoms with Gasteiger partial charge in [0.05, 0.1) is 11.3 Å². The van der Waals surface area contributed by atoms with Gasteiger partial charge in [0.2, 0.25) is 5.91 Å². The zero-order valence-electron chi connectivity index (χ0n) is 11.7. The van der Waals surface area contributed by atoms with Crippen LogP contribution in [0.15, 0.2) is 54.6 Å². The monoisotopic (exact) mass is 283 g/mol. The number of anilines is 1. The summed E-state index contributed by atoms with van der Waals surface area (Å²) in [5, 5.41) is 5.23. The van der Waals surface area contributed by atoms with E-state index >= 15 is 0 Å². The van der Waals surface area contributed by atoms with Crippen LogP contribution in [-0.2, 0) is 4.79 Å². The highest BCUT2D eigenvalue weighted by Crippen LogP contribution is 2.17. The molecule has 0 aliphatic carbocycles. The van der Waals surface area contributed by atoms with E-state index in [0.29, 0.717) is 16.8 Å². The Balaban J connectivity index is 2.19. The van der Waals surface area contributed by atoms with Crippen molar-refractivity contribution in [3.63, 3.8) is 0 Å². The molecule has 2 aromatic rings. The van der Waals surface area contributed by atoms with Crippen LogP contribution in [0.1, 0.15) is 22.0 Å². The second-order valence-corrected chi connectivity index (χ2v) is 4.50. The van der Waals surface area contributed by atoms with Crippen molar-refractivity contribution >= 4 is 17.5 Å². The van der Waals surface area contributed by atoms with Gasteiger partial charge in [-0.25, -0.2) is 0 Å². The van der Waals surface area contributed by atoms with Gasteiger partial charge in [-0.05, 0) is 17.7 Å². The van der Waals surface area contributed by atoms with Crippen molar-refractivity contribution in [2.24, 2.45) is 5.73 Å². The molecule has 0 aromatic heterocycles. The van der Waals surface area contributed by atoms with E-state index in [1.807, 2.05) is 18.2 Å². The van der Waals surface area contributed by atoms with Crippen LogP contribution in [0.4, 0.5) is 5.69 Å². The molecule has 1 atom stereocenters. The fourth-order valence-electron chi connectivity index (χ4n) is 1.95. The number of benzene rings is 2. The average Bonchev–Trinajstić information content (AvgIpc) is 2.54. The van der Waals surface area contributed by atoms with Crippen molar-refractivity contribution in [3.05, 3.63) is 65.7 Å². The Bertz CT molecular complexity index is 641. The van der Waals surface area contributed by atoms with Crippen LogP contribution in [0.3, 0.4) is 0 Å². The van der Waals surface area contributed by atoms with Crippen molar-refractivity contribution in [3.8, 4) is 0 Å². The lowest BCUT2D eigenvalue weighted by Gasteiger charge is -2.14. The summed E-state index contributed by atoms with van der Waals surface area (Å²) >= 11 is 0. The lowest BCUT2D eigenvalue weighted by atomic mass is 10.1. The van der Waals surface area contributed by atoms with Gasteiger partial charge in [-0.1, -0.05) is 42.5 Å². The van der Waals surface area contributed by atoms with Crippen LogP contribution < -0.4 is 16.4 Å². The molecule has 0 radical (unpaired) electrons. The maximum absolute atomic E-state index is 12.2. The average molecular weight is 283 g/mol. The first-order chi connectivity index (χ1) is 10.1. The molecule has 5 heteroatoms. The predicted molar refractivity (Wildman–Crippen MR) is 81.8 cm³/mol. The highest BCUT2D eigenvalue weighted by molar-refractivity contribution is 6.04. The first kappa shape index (κ1) is 14.7. The summed E-state index contributed by atoms with van der Waals surface area (Å²) in [6.45, 7) is 0. The van der Waals surface area contributed by atoms with Gasteiger partial charge in [-0.15, -0.1) is 0 Å². The lowest BCUT2D eigenvalue weighted by Crippen LogP contribution is -2.29. The quantitative estimate of drug-likeness (QED) is 0.798. The lowest BCUT2D eigenvalue weighted by molar-refractivity contribution is -0.117. The van der Waals surface area contributed by atoms with Gasteiger partial charge >= 0.3 is 0 Å². The topological polar surface area (TPSA) is 84.2 Å². The van der Waals surface area contributed by atoms with E-state index in [4.69, 9.17) is 5.73 Å². The molecule has 0 fully saturated rings. The van der Waals surface area contributed by atoms with Crippen LogP contribution >= 0.6 is 0 Å². The van der Waals surface area contributed by atoms with Crippen LogP contribution in [0, 0.1) is 0 Å². The van der Waals surface area contributed by atoms with E-state index in [1.165, 1.54) is 7.05 Å². The van der Waals surface area contributed by atoms with Gasteiger partial charge in [0, 0.05) is 7.05 Å². The Hall–Kier alpha value is -2.66. The number of nitrogens with one attached hydrogen (secondary N) is 2. The van der Waals surface area contributed by atoms with E-state index in [0.717, 1.165) is 0 Å². The molecular weight excluding hydrogens is 266 g/mol. The number of nitrogens with two attached hydrogens (primary N) is 1. The maximum Gasteiger partial charge on any atom is 0.253 e. The van der Waals surface area contributed by atoms with Gasteiger partial charge in [0.25, 0.3) is 5.91 Å². The van der Waals surface area contributed by atoms with Crippen molar-refractivity contribution in [2.75, 3.05) is 12.4 Å². The Labute approximate surface area is 123 Å².